The van der Waals surface area contributed by atoms with Crippen molar-refractivity contribution >= 4 is 39.4 Å². The Balaban J connectivity index is 1.99. The molecule has 0 amide bonds. The first kappa shape index (κ1) is 19.2. The van der Waals surface area contributed by atoms with Crippen LogP contribution in [0, 0.1) is 0 Å². The third kappa shape index (κ3) is 5.45. The average molecular weight is 389 g/mol. The molecule has 0 spiro atoms. The summed E-state index contributed by atoms with van der Waals surface area (Å²) in [6.45, 7) is 6.35. The van der Waals surface area contributed by atoms with Crippen molar-refractivity contribution in [3.63, 3.8) is 0 Å². The van der Waals surface area contributed by atoms with Crippen LogP contribution in [0.1, 0.15) is 30.4 Å². The van der Waals surface area contributed by atoms with Crippen molar-refractivity contribution in [2.45, 2.75) is 36.8 Å². The molecule has 0 aromatic carbocycles. The summed E-state index contributed by atoms with van der Waals surface area (Å²) >= 11 is 2.38. The molecule has 2 rings (SSSR count). The van der Waals surface area contributed by atoms with Crippen molar-refractivity contribution in [1.29, 1.82) is 0 Å². The lowest BCUT2D eigenvalue weighted by molar-refractivity contribution is 0.0702. The number of aromatic carboxylic acids is 1. The highest BCUT2D eigenvalue weighted by Gasteiger charge is 2.18. The lowest BCUT2D eigenvalue weighted by Crippen LogP contribution is -2.42. The summed E-state index contributed by atoms with van der Waals surface area (Å²) in [6, 6.07) is 3.22. The molecular weight excluding hydrogens is 368 g/mol. The second-order valence-electron chi connectivity index (χ2n) is 6.26. The number of hydrogen-bond donors (Lipinski definition) is 3. The Labute approximate surface area is 151 Å². The van der Waals surface area contributed by atoms with Crippen LogP contribution in [0.25, 0.3) is 10.6 Å². The third-order valence-electron chi connectivity index (χ3n) is 2.96. The van der Waals surface area contributed by atoms with Crippen LogP contribution in [0.4, 0.5) is 0 Å². The monoisotopic (exact) mass is 388 g/mol. The van der Waals surface area contributed by atoms with Crippen LogP contribution in [0.3, 0.4) is 0 Å². The summed E-state index contributed by atoms with van der Waals surface area (Å²) < 4.78 is 12.8. The van der Waals surface area contributed by atoms with Crippen molar-refractivity contribution in [1.82, 2.24) is 10.3 Å². The number of carbonyl (C=O) groups is 1. The number of hydrogen-bond acceptors (Lipinski definition) is 7. The fourth-order valence-corrected chi connectivity index (χ4v) is 4.81. The zero-order valence-corrected chi connectivity index (χ0v) is 16.1. The molecule has 2 heterocycles. The van der Waals surface area contributed by atoms with Gasteiger partial charge in [0, 0.05) is 17.5 Å². The second-order valence-corrected chi connectivity index (χ2v) is 9.88. The van der Waals surface area contributed by atoms with E-state index < -0.39 is 22.9 Å². The van der Waals surface area contributed by atoms with Crippen LogP contribution in [-0.4, -0.2) is 49.3 Å². The van der Waals surface area contributed by atoms with Crippen molar-refractivity contribution in [2.24, 2.45) is 0 Å². The molecule has 0 saturated carbocycles. The van der Waals surface area contributed by atoms with Gasteiger partial charge in [-0.25, -0.2) is 9.78 Å². The molecule has 2 atom stereocenters. The molecule has 0 aliphatic carbocycles. The Hall–Kier alpha value is -1.13. The summed E-state index contributed by atoms with van der Waals surface area (Å²) in [6.07, 6.45) is -0.724. The molecular formula is C15H20N2O4S3. The van der Waals surface area contributed by atoms with Gasteiger partial charge in [0.25, 0.3) is 0 Å². The number of β-amino-alcohol motifs (C(OH)–C–C–N with tert-alkyl or cyclic N) is 1. The van der Waals surface area contributed by atoms with Crippen molar-refractivity contribution in [3.8, 4) is 10.6 Å². The molecule has 0 aliphatic rings. The minimum Gasteiger partial charge on any atom is -0.477 e. The number of carboxylic acids is 1. The fraction of sp³-hybridized carbons (Fsp3) is 0.467. The largest absolute Gasteiger partial charge is 0.477 e. The Bertz CT molecular complexity index is 733. The number of thiophene rings is 1. The topological polar surface area (TPSA) is 99.5 Å². The number of rotatable bonds is 7. The maximum atomic E-state index is 12.3. The highest BCUT2D eigenvalue weighted by Crippen LogP contribution is 2.30. The first-order chi connectivity index (χ1) is 11.2. The first-order valence-electron chi connectivity index (χ1n) is 7.26. The molecule has 9 heteroatoms. The standard InChI is InChI=1S/C15H20N2O4S3/c1-15(2,3)16-6-9(18)8-24(21)14-17-10(7-22-14)11-4-5-12(23-11)13(19)20/h4-5,7,9,16,18H,6,8H2,1-3H3,(H,19,20). The zero-order valence-electron chi connectivity index (χ0n) is 13.6. The molecule has 0 fully saturated rings. The van der Waals surface area contributed by atoms with E-state index in [2.05, 4.69) is 10.3 Å². The second kappa shape index (κ2) is 7.83. The molecule has 2 aromatic rings. The summed E-state index contributed by atoms with van der Waals surface area (Å²) in [5.74, 6) is -0.860. The van der Waals surface area contributed by atoms with Gasteiger partial charge in [0.2, 0.25) is 0 Å². The molecule has 6 nitrogen and oxygen atoms in total. The van der Waals surface area contributed by atoms with Crippen molar-refractivity contribution in [2.75, 3.05) is 12.3 Å². The Morgan fingerprint density at radius 3 is 2.71 bits per heavy atom. The van der Waals surface area contributed by atoms with Crippen LogP contribution in [0.2, 0.25) is 0 Å². The smallest absolute Gasteiger partial charge is 0.345 e. The minimum atomic E-state index is -1.39. The molecule has 0 aliphatic heterocycles. The number of nitrogens with one attached hydrogen (secondary N) is 1. The Morgan fingerprint density at radius 1 is 1.42 bits per heavy atom. The number of aromatic nitrogens is 1. The van der Waals surface area contributed by atoms with E-state index >= 15 is 0 Å². The van der Waals surface area contributed by atoms with Crippen LogP contribution in [0.15, 0.2) is 21.9 Å². The number of aliphatic hydroxyl groups is 1. The van der Waals surface area contributed by atoms with Gasteiger partial charge in [-0.3, -0.25) is 4.21 Å². The number of nitrogens with zero attached hydrogens (tertiary/aromatic N) is 1. The van der Waals surface area contributed by atoms with Crippen LogP contribution in [-0.2, 0) is 10.8 Å². The Kier molecular flexibility index (Phi) is 6.27. The van der Waals surface area contributed by atoms with Gasteiger partial charge < -0.3 is 15.5 Å². The third-order valence-corrected chi connectivity index (χ3v) is 6.70. The molecule has 24 heavy (non-hydrogen) atoms. The minimum absolute atomic E-state index is 0.112. The van der Waals surface area contributed by atoms with Gasteiger partial charge in [-0.05, 0) is 32.9 Å². The normalized spacial score (nSPS) is 14.5. The SMILES string of the molecule is CC(C)(C)NCC(O)CS(=O)c1nc(-c2ccc(C(=O)O)s2)cs1. The molecule has 0 saturated heterocycles. The molecule has 2 unspecified atom stereocenters. The summed E-state index contributed by atoms with van der Waals surface area (Å²) in [5, 5.41) is 23.9. The Morgan fingerprint density at radius 2 is 2.12 bits per heavy atom. The molecule has 3 N–H and O–H groups in total. The van der Waals surface area contributed by atoms with E-state index in [1.54, 1.807) is 11.4 Å². The molecule has 2 aromatic heterocycles. The van der Waals surface area contributed by atoms with Crippen molar-refractivity contribution < 1.29 is 19.2 Å². The molecule has 132 valence electrons. The fourth-order valence-electron chi connectivity index (χ4n) is 1.79. The van der Waals surface area contributed by atoms with Crippen molar-refractivity contribution in [3.05, 3.63) is 22.4 Å². The first-order valence-corrected chi connectivity index (χ1v) is 10.3. The summed E-state index contributed by atoms with van der Waals surface area (Å²) in [5.41, 5.74) is 0.501. The summed E-state index contributed by atoms with van der Waals surface area (Å²) in [4.78, 5) is 16.2. The van der Waals surface area contributed by atoms with Gasteiger partial charge >= 0.3 is 5.97 Å². The molecule has 0 radical (unpaired) electrons. The maximum absolute atomic E-state index is 12.3. The van der Waals surface area contributed by atoms with Gasteiger partial charge in [-0.15, -0.1) is 22.7 Å². The van der Waals surface area contributed by atoms with E-state index in [9.17, 15) is 14.1 Å². The predicted molar refractivity (Wildman–Crippen MR) is 97.4 cm³/mol. The predicted octanol–water partition coefficient (Wildman–Crippen LogP) is 2.43. The van der Waals surface area contributed by atoms with Gasteiger partial charge in [0.1, 0.15) is 4.88 Å². The van der Waals surface area contributed by atoms with Gasteiger partial charge in [0.15, 0.2) is 4.34 Å². The molecule has 0 bridgehead atoms. The van der Waals surface area contributed by atoms with Gasteiger partial charge in [0.05, 0.1) is 33.2 Å². The maximum Gasteiger partial charge on any atom is 0.345 e. The van der Waals surface area contributed by atoms with Gasteiger partial charge in [-0.1, -0.05) is 0 Å². The van der Waals surface area contributed by atoms with E-state index in [0.29, 0.717) is 16.6 Å². The quantitative estimate of drug-likeness (QED) is 0.674. The van der Waals surface area contributed by atoms with E-state index in [0.717, 1.165) is 16.2 Å². The van der Waals surface area contributed by atoms with E-state index in [-0.39, 0.29) is 16.2 Å². The van der Waals surface area contributed by atoms with E-state index in [1.165, 1.54) is 17.4 Å². The van der Waals surface area contributed by atoms with E-state index in [4.69, 9.17) is 5.11 Å². The highest BCUT2D eigenvalue weighted by atomic mass is 32.2. The average Bonchev–Trinajstić information content (AvgIpc) is 3.13. The summed E-state index contributed by atoms with van der Waals surface area (Å²) in [7, 11) is -1.39. The number of aliphatic hydroxyl groups excluding tert-OH is 1. The number of thiazole rings is 1. The lowest BCUT2D eigenvalue weighted by atomic mass is 10.1. The van der Waals surface area contributed by atoms with Gasteiger partial charge in [-0.2, -0.15) is 0 Å². The van der Waals surface area contributed by atoms with E-state index in [1.807, 2.05) is 20.8 Å². The van der Waals surface area contributed by atoms with Crippen LogP contribution < -0.4 is 5.32 Å². The zero-order chi connectivity index (χ0) is 17.9. The van der Waals surface area contributed by atoms with Crippen LogP contribution in [0.5, 0.6) is 0 Å². The lowest BCUT2D eigenvalue weighted by Gasteiger charge is -2.22. The highest BCUT2D eigenvalue weighted by molar-refractivity contribution is 7.87. The number of carboxylic acid groups (broad SMARTS) is 1. The van der Waals surface area contributed by atoms with Crippen LogP contribution >= 0.6 is 22.7 Å².